The fourth-order valence-corrected chi connectivity index (χ4v) is 8.68. The molecule has 80 heavy (non-hydrogen) atoms. The number of hydrogen-bond acceptors (Lipinski definition) is 17. The normalized spacial score (nSPS) is 22.6. The lowest BCUT2D eigenvalue weighted by molar-refractivity contribution is -0.138. The van der Waals surface area contributed by atoms with Crippen LogP contribution < -0.4 is 75.9 Å². The number of aromatic nitrogens is 1. The third kappa shape index (κ3) is 17.6. The number of nitrogens with two attached hydrogens (primary N) is 5. The number of nitrogens with one attached hydrogen (secondary N) is 8. The molecule has 28 nitrogen and oxygen atoms in total. The van der Waals surface area contributed by atoms with Gasteiger partial charge in [0.15, 0.2) is 5.96 Å². The number of methoxy groups -OCH3 is 1. The molecule has 3 aromatic rings. The van der Waals surface area contributed by atoms with Gasteiger partial charge in [-0.25, -0.2) is 0 Å². The highest BCUT2D eigenvalue weighted by Gasteiger charge is 2.38. The first-order chi connectivity index (χ1) is 37.9. The number of rotatable bonds is 17. The molecule has 4 rings (SSSR count). The second kappa shape index (κ2) is 30.6. The van der Waals surface area contributed by atoms with E-state index in [1.807, 2.05) is 0 Å². The number of carbonyl (C=O) groups is 9. The van der Waals surface area contributed by atoms with E-state index >= 15 is 0 Å². The summed E-state index contributed by atoms with van der Waals surface area (Å²) in [5.74, 6) is -9.23. The molecule has 1 aliphatic heterocycles. The fraction of sp³-hybridized carbons (Fsp3) is 0.490. The molecule has 438 valence electrons. The number of guanidine groups is 1. The monoisotopic (exact) mass is 1140 g/mol. The molecular formula is C51H74ClN15O13. The van der Waals surface area contributed by atoms with E-state index in [-0.39, 0.29) is 56.2 Å². The summed E-state index contributed by atoms with van der Waals surface area (Å²) in [6.45, 7) is 4.01. The first-order valence-corrected chi connectivity index (χ1v) is 26.0. The Balaban J connectivity index is 1.82. The molecule has 0 radical (unpaired) electrons. The van der Waals surface area contributed by atoms with Gasteiger partial charge in [-0.1, -0.05) is 31.5 Å². The number of aliphatic hydroxyl groups is 3. The zero-order valence-corrected chi connectivity index (χ0v) is 45.8. The number of fused-ring (bicyclic) bond motifs is 1. The van der Waals surface area contributed by atoms with Crippen LogP contribution in [0.2, 0.25) is 5.02 Å². The molecule has 1 aromatic heterocycles. The Labute approximate surface area is 466 Å². The van der Waals surface area contributed by atoms with Crippen molar-refractivity contribution in [1.82, 2.24) is 47.1 Å². The lowest BCUT2D eigenvalue weighted by atomic mass is 10.0. The molecule has 1 fully saturated rings. The first kappa shape index (κ1) is 64.8. The van der Waals surface area contributed by atoms with Crippen LogP contribution in [0.5, 0.6) is 5.75 Å². The molecule has 0 aliphatic carbocycles. The van der Waals surface area contributed by atoms with Gasteiger partial charge < -0.3 is 91.3 Å². The van der Waals surface area contributed by atoms with Crippen molar-refractivity contribution in [2.75, 3.05) is 39.8 Å². The van der Waals surface area contributed by atoms with Crippen molar-refractivity contribution in [2.45, 2.75) is 114 Å². The minimum Gasteiger partial charge on any atom is -0.497 e. The highest BCUT2D eigenvalue weighted by molar-refractivity contribution is 6.30. The maximum atomic E-state index is 14.4. The number of hydrogen-bond donors (Lipinski definition) is 16. The lowest BCUT2D eigenvalue weighted by Crippen LogP contribution is -2.64. The fourth-order valence-electron chi connectivity index (χ4n) is 8.55. The second-order valence-corrected chi connectivity index (χ2v) is 19.6. The minimum atomic E-state index is -2.08. The number of aliphatic imine (C=N–C) groups is 1. The van der Waals surface area contributed by atoms with E-state index in [1.54, 1.807) is 39.0 Å². The largest absolute Gasteiger partial charge is 0.497 e. The quantitative estimate of drug-likeness (QED) is 0.0262. The number of ether oxygens (including phenoxy) is 1. The van der Waals surface area contributed by atoms with Gasteiger partial charge in [0.2, 0.25) is 41.4 Å². The average Bonchev–Trinajstić information content (AvgIpc) is 3.73. The molecule has 2 aromatic carbocycles. The van der Waals surface area contributed by atoms with Crippen LogP contribution in [-0.2, 0) is 44.8 Å². The predicted molar refractivity (Wildman–Crippen MR) is 294 cm³/mol. The molecule has 8 amide bonds. The second-order valence-electron chi connectivity index (χ2n) is 19.2. The minimum absolute atomic E-state index is 0.0179. The van der Waals surface area contributed by atoms with Crippen LogP contribution in [0.3, 0.4) is 0 Å². The summed E-state index contributed by atoms with van der Waals surface area (Å²) in [6.07, 6.45) is -5.54. The van der Waals surface area contributed by atoms with Gasteiger partial charge in [0.1, 0.15) is 53.8 Å². The van der Waals surface area contributed by atoms with Crippen molar-refractivity contribution in [3.8, 4) is 5.75 Å². The zero-order chi connectivity index (χ0) is 59.5. The molecule has 0 bridgehead atoms. The summed E-state index contributed by atoms with van der Waals surface area (Å²) in [5.41, 5.74) is 29.0. The smallest absolute Gasteiger partial charge is 0.268 e. The molecular weight excluding hydrogens is 1070 g/mol. The number of aliphatic hydroxyl groups excluding tert-OH is 3. The van der Waals surface area contributed by atoms with Crippen molar-refractivity contribution in [1.29, 1.82) is 0 Å². The standard InChI is InChI=1S/C51H74ClN15O13/c1-6-31-43(72)62-33(15-16-53)44(73)63-34(18-24(2)3)46(75)61-32(8-7-17-58-51(56)57)45(74)65-41(37(69)22-55)49(78)66-40(36(68)21-54)47(76)59-23-38(70)42(48(77)60-31)64-39(71)20-29-25(4)67(35-14-13-28(80-5)19-30(29)35)50(79)26-9-11-27(52)12-10-26/h6,9-14,19,24,32-34,36-38,40-42,68-70H,7-8,15-18,20-23,53-55H2,1-5H3,(H,59,76)(H,60,77)(H,61,75)(H,62,72)(H,63,73)(H,64,71)(H,65,74)(H,66,78)(H4,56,57,58)/b31-6-/t32-,33-,34-,36?,37?,38?,40?,41?,42?/m0/s1. The SMILES string of the molecule is C/C=C1\NC(=O)C(NC(=O)Cc2c(C)n(C(=O)c3ccc(Cl)cc3)c3ccc(OC)cc23)C(O)CNC(=O)C(C(O)CN)NC(=O)C(C(O)CN)NC(=O)[C@H](CCCN=C(N)N)NC(=O)[C@H](CC(C)C)NC(=O)[C@H](CCN)NC1=O. The summed E-state index contributed by atoms with van der Waals surface area (Å²) in [4.78, 5) is 131. The Morgan fingerprint density at radius 3 is 2.00 bits per heavy atom. The predicted octanol–water partition coefficient (Wildman–Crippen LogP) is -4.65. The van der Waals surface area contributed by atoms with Crippen LogP contribution in [-0.4, -0.2) is 173 Å². The molecule has 1 saturated heterocycles. The summed E-state index contributed by atoms with van der Waals surface area (Å²) in [5, 5.41) is 53.8. The van der Waals surface area contributed by atoms with Crippen LogP contribution in [0.1, 0.15) is 68.1 Å². The number of allylic oxidation sites excluding steroid dienone is 1. The zero-order valence-electron chi connectivity index (χ0n) is 45.0. The van der Waals surface area contributed by atoms with E-state index < -0.39 is 139 Å². The number of nitrogens with zero attached hydrogens (tertiary/aromatic N) is 2. The third-order valence-electron chi connectivity index (χ3n) is 12.8. The van der Waals surface area contributed by atoms with Crippen LogP contribution in [0.25, 0.3) is 10.9 Å². The number of halogens is 1. The topological polar surface area (TPSA) is 467 Å². The molecule has 21 N–H and O–H groups in total. The van der Waals surface area contributed by atoms with E-state index in [1.165, 1.54) is 42.9 Å². The van der Waals surface area contributed by atoms with Crippen molar-refractivity contribution in [3.63, 3.8) is 0 Å². The summed E-state index contributed by atoms with van der Waals surface area (Å²) in [7, 11) is 1.42. The highest BCUT2D eigenvalue weighted by Crippen LogP contribution is 2.31. The lowest BCUT2D eigenvalue weighted by Gasteiger charge is -2.30. The molecule has 9 atom stereocenters. The Bertz CT molecular complexity index is 2790. The highest BCUT2D eigenvalue weighted by atomic mass is 35.5. The first-order valence-electron chi connectivity index (χ1n) is 25.6. The van der Waals surface area contributed by atoms with Gasteiger partial charge in [-0.2, -0.15) is 0 Å². The Morgan fingerprint density at radius 2 is 1.41 bits per heavy atom. The molecule has 29 heteroatoms. The summed E-state index contributed by atoms with van der Waals surface area (Å²) >= 11 is 6.09. The van der Waals surface area contributed by atoms with E-state index in [0.29, 0.717) is 32.9 Å². The van der Waals surface area contributed by atoms with Gasteiger partial charge >= 0.3 is 0 Å². The number of β-amino-alcohol motifs (C(OH)–C–C–N with tert-alkyl or cyclic N) is 1. The summed E-state index contributed by atoms with van der Waals surface area (Å²) < 4.78 is 6.83. The van der Waals surface area contributed by atoms with Crippen LogP contribution >= 0.6 is 11.6 Å². The van der Waals surface area contributed by atoms with Gasteiger partial charge in [-0.15, -0.1) is 0 Å². The summed E-state index contributed by atoms with van der Waals surface area (Å²) in [6, 6.07) is 0.614. The number of amides is 8. The Hall–Kier alpha value is -7.73. The maximum Gasteiger partial charge on any atom is 0.268 e. The Morgan fingerprint density at radius 1 is 0.825 bits per heavy atom. The van der Waals surface area contributed by atoms with E-state index in [2.05, 4.69) is 47.5 Å². The van der Waals surface area contributed by atoms with Gasteiger partial charge in [0, 0.05) is 47.8 Å². The molecule has 0 spiro atoms. The van der Waals surface area contributed by atoms with Crippen molar-refractivity contribution < 1.29 is 63.2 Å². The van der Waals surface area contributed by atoms with E-state index in [4.69, 9.17) is 45.0 Å². The van der Waals surface area contributed by atoms with E-state index in [0.717, 1.165) is 6.08 Å². The van der Waals surface area contributed by atoms with Crippen molar-refractivity contribution >= 4 is 81.6 Å². The van der Waals surface area contributed by atoms with Gasteiger partial charge in [0.25, 0.3) is 11.8 Å². The van der Waals surface area contributed by atoms with Crippen molar-refractivity contribution in [2.24, 2.45) is 39.6 Å². The third-order valence-corrected chi connectivity index (χ3v) is 13.1. The Kier molecular flexibility index (Phi) is 24.8. The van der Waals surface area contributed by atoms with Gasteiger partial charge in [0.05, 0.1) is 31.3 Å². The number of benzene rings is 2. The van der Waals surface area contributed by atoms with Crippen LogP contribution in [0, 0.1) is 12.8 Å². The van der Waals surface area contributed by atoms with Gasteiger partial charge in [-0.05, 0) is 100 Å². The number of carbonyl (C=O) groups excluding carboxylic acids is 9. The van der Waals surface area contributed by atoms with Crippen molar-refractivity contribution in [3.05, 3.63) is 76.1 Å². The maximum absolute atomic E-state index is 14.4. The van der Waals surface area contributed by atoms with E-state index in [9.17, 15) is 58.5 Å². The molecule has 6 unspecified atom stereocenters. The molecule has 2 heterocycles. The van der Waals surface area contributed by atoms with Crippen LogP contribution in [0.4, 0.5) is 0 Å². The molecule has 0 saturated carbocycles. The van der Waals surface area contributed by atoms with Gasteiger partial charge in [-0.3, -0.25) is 52.7 Å². The average molecular weight is 1140 g/mol. The molecule has 1 aliphatic rings. The van der Waals surface area contributed by atoms with Crippen LogP contribution in [0.15, 0.2) is 59.2 Å².